The fourth-order valence-corrected chi connectivity index (χ4v) is 1.88. The topological polar surface area (TPSA) is 61.1 Å². The molecule has 0 saturated carbocycles. The second-order valence-electron chi connectivity index (χ2n) is 2.97. The molecule has 1 atom stereocenters. The minimum absolute atomic E-state index is 0.0688. The number of carboxylic acids is 1. The summed E-state index contributed by atoms with van der Waals surface area (Å²) in [6.45, 7) is 1.95. The molecule has 1 rings (SSSR count). The SMILES string of the molecule is CCC(C#N)Sc1ccc(C(=O)O)cc1. The molecule has 0 saturated heterocycles. The van der Waals surface area contributed by atoms with Crippen molar-refractivity contribution in [1.82, 2.24) is 0 Å². The van der Waals surface area contributed by atoms with Crippen LogP contribution in [0.5, 0.6) is 0 Å². The molecule has 1 aromatic rings. The van der Waals surface area contributed by atoms with Gasteiger partial charge < -0.3 is 5.11 Å². The van der Waals surface area contributed by atoms with Crippen molar-refractivity contribution in [2.75, 3.05) is 0 Å². The lowest BCUT2D eigenvalue weighted by Crippen LogP contribution is -1.97. The first-order chi connectivity index (χ1) is 7.17. The first-order valence-electron chi connectivity index (χ1n) is 4.57. The Morgan fingerprint density at radius 2 is 2.13 bits per heavy atom. The second kappa shape index (κ2) is 5.42. The number of carboxylic acid groups (broad SMARTS) is 1. The third kappa shape index (κ3) is 3.30. The Kier molecular flexibility index (Phi) is 4.19. The molecular weight excluding hydrogens is 210 g/mol. The van der Waals surface area contributed by atoms with Crippen LogP contribution >= 0.6 is 11.8 Å². The minimum Gasteiger partial charge on any atom is -0.478 e. The van der Waals surface area contributed by atoms with E-state index >= 15 is 0 Å². The molecule has 0 bridgehead atoms. The number of thioether (sulfide) groups is 1. The molecule has 4 heteroatoms. The number of nitriles is 1. The Hall–Kier alpha value is -1.47. The Morgan fingerprint density at radius 3 is 2.53 bits per heavy atom. The molecule has 0 aliphatic carbocycles. The summed E-state index contributed by atoms with van der Waals surface area (Å²) < 4.78 is 0. The van der Waals surface area contributed by atoms with E-state index < -0.39 is 5.97 Å². The first kappa shape index (κ1) is 11.6. The number of rotatable bonds is 4. The van der Waals surface area contributed by atoms with E-state index in [1.807, 2.05) is 6.92 Å². The van der Waals surface area contributed by atoms with Gasteiger partial charge in [0.25, 0.3) is 0 Å². The second-order valence-corrected chi connectivity index (χ2v) is 4.25. The highest BCUT2D eigenvalue weighted by molar-refractivity contribution is 8.00. The van der Waals surface area contributed by atoms with E-state index in [2.05, 4.69) is 6.07 Å². The van der Waals surface area contributed by atoms with E-state index in [4.69, 9.17) is 10.4 Å². The van der Waals surface area contributed by atoms with Crippen LogP contribution < -0.4 is 0 Å². The minimum atomic E-state index is -0.932. The monoisotopic (exact) mass is 221 g/mol. The lowest BCUT2D eigenvalue weighted by molar-refractivity contribution is 0.0697. The van der Waals surface area contributed by atoms with Crippen molar-refractivity contribution in [3.63, 3.8) is 0 Å². The molecule has 0 radical (unpaired) electrons. The Morgan fingerprint density at radius 1 is 1.53 bits per heavy atom. The van der Waals surface area contributed by atoms with Gasteiger partial charge in [0, 0.05) is 4.90 Å². The van der Waals surface area contributed by atoms with Crippen LogP contribution in [0.15, 0.2) is 29.2 Å². The van der Waals surface area contributed by atoms with Gasteiger partial charge in [-0.15, -0.1) is 11.8 Å². The van der Waals surface area contributed by atoms with Gasteiger partial charge in [-0.05, 0) is 30.7 Å². The number of nitrogens with zero attached hydrogens (tertiary/aromatic N) is 1. The van der Waals surface area contributed by atoms with Crippen LogP contribution in [0, 0.1) is 11.3 Å². The van der Waals surface area contributed by atoms with Crippen molar-refractivity contribution >= 4 is 17.7 Å². The van der Waals surface area contributed by atoms with Crippen molar-refractivity contribution in [1.29, 1.82) is 5.26 Å². The lowest BCUT2D eigenvalue weighted by Gasteiger charge is -2.05. The number of carbonyl (C=O) groups is 1. The van der Waals surface area contributed by atoms with E-state index in [1.54, 1.807) is 24.3 Å². The fourth-order valence-electron chi connectivity index (χ4n) is 1.04. The maximum atomic E-state index is 10.6. The van der Waals surface area contributed by atoms with Crippen molar-refractivity contribution in [2.24, 2.45) is 0 Å². The summed E-state index contributed by atoms with van der Waals surface area (Å²) in [6, 6.07) is 8.75. The molecule has 0 heterocycles. The third-order valence-corrected chi connectivity index (χ3v) is 3.16. The average Bonchev–Trinajstić information content (AvgIpc) is 2.26. The van der Waals surface area contributed by atoms with Crippen molar-refractivity contribution < 1.29 is 9.90 Å². The van der Waals surface area contributed by atoms with E-state index in [0.29, 0.717) is 0 Å². The molecule has 15 heavy (non-hydrogen) atoms. The van der Waals surface area contributed by atoms with Gasteiger partial charge in [0.2, 0.25) is 0 Å². The third-order valence-electron chi connectivity index (χ3n) is 1.89. The maximum absolute atomic E-state index is 10.6. The summed E-state index contributed by atoms with van der Waals surface area (Å²) in [5.41, 5.74) is 0.268. The molecule has 0 aliphatic rings. The molecule has 1 aromatic carbocycles. The van der Waals surface area contributed by atoms with Crippen LogP contribution in [0.1, 0.15) is 23.7 Å². The van der Waals surface area contributed by atoms with Crippen LogP contribution in [-0.2, 0) is 0 Å². The number of aromatic carboxylic acids is 1. The predicted molar refractivity (Wildman–Crippen MR) is 59.0 cm³/mol. The average molecular weight is 221 g/mol. The first-order valence-corrected chi connectivity index (χ1v) is 5.45. The smallest absolute Gasteiger partial charge is 0.335 e. The molecule has 0 aromatic heterocycles. The molecule has 3 nitrogen and oxygen atoms in total. The van der Waals surface area contributed by atoms with Crippen molar-refractivity contribution in [2.45, 2.75) is 23.5 Å². The maximum Gasteiger partial charge on any atom is 0.335 e. The summed E-state index contributed by atoms with van der Waals surface area (Å²) in [4.78, 5) is 11.5. The number of benzene rings is 1. The summed E-state index contributed by atoms with van der Waals surface area (Å²) >= 11 is 1.46. The standard InChI is InChI=1S/C11H11NO2S/c1-2-9(7-12)15-10-5-3-8(4-6-10)11(13)14/h3-6,9H,2H2,1H3,(H,13,14). The Labute approximate surface area is 92.7 Å². The lowest BCUT2D eigenvalue weighted by atomic mass is 10.2. The zero-order valence-corrected chi connectivity index (χ0v) is 9.12. The van der Waals surface area contributed by atoms with E-state index in [1.165, 1.54) is 11.8 Å². The van der Waals surface area contributed by atoms with Crippen LogP contribution in [-0.4, -0.2) is 16.3 Å². The van der Waals surface area contributed by atoms with Crippen molar-refractivity contribution in [3.8, 4) is 6.07 Å². The van der Waals surface area contributed by atoms with E-state index in [-0.39, 0.29) is 10.8 Å². The van der Waals surface area contributed by atoms with Gasteiger partial charge in [-0.25, -0.2) is 4.79 Å². The highest BCUT2D eigenvalue weighted by atomic mass is 32.2. The fraction of sp³-hybridized carbons (Fsp3) is 0.273. The van der Waals surface area contributed by atoms with E-state index in [9.17, 15) is 4.79 Å². The van der Waals surface area contributed by atoms with Crippen LogP contribution in [0.4, 0.5) is 0 Å². The van der Waals surface area contributed by atoms with Gasteiger partial charge in [-0.3, -0.25) is 0 Å². The predicted octanol–water partition coefficient (Wildman–Crippen LogP) is 2.78. The molecule has 0 amide bonds. The molecule has 1 N–H and O–H groups in total. The van der Waals surface area contributed by atoms with Gasteiger partial charge in [0.1, 0.15) is 0 Å². The molecule has 78 valence electrons. The summed E-state index contributed by atoms with van der Waals surface area (Å²) in [7, 11) is 0. The number of hydrogen-bond acceptors (Lipinski definition) is 3. The van der Waals surface area contributed by atoms with Gasteiger partial charge >= 0.3 is 5.97 Å². The van der Waals surface area contributed by atoms with Gasteiger partial charge in [0.15, 0.2) is 0 Å². The quantitative estimate of drug-likeness (QED) is 0.794. The van der Waals surface area contributed by atoms with Gasteiger partial charge in [0.05, 0.1) is 16.9 Å². The molecule has 0 spiro atoms. The molecule has 0 fully saturated rings. The van der Waals surface area contributed by atoms with Crippen LogP contribution in [0.3, 0.4) is 0 Å². The summed E-state index contributed by atoms with van der Waals surface area (Å²) in [5.74, 6) is -0.932. The Balaban J connectivity index is 2.73. The summed E-state index contributed by atoms with van der Waals surface area (Å²) in [5, 5.41) is 17.4. The summed E-state index contributed by atoms with van der Waals surface area (Å²) in [6.07, 6.45) is 0.780. The van der Waals surface area contributed by atoms with Gasteiger partial charge in [-0.1, -0.05) is 6.92 Å². The molecule has 1 unspecified atom stereocenters. The van der Waals surface area contributed by atoms with Crippen molar-refractivity contribution in [3.05, 3.63) is 29.8 Å². The van der Waals surface area contributed by atoms with Crippen LogP contribution in [0.2, 0.25) is 0 Å². The van der Waals surface area contributed by atoms with E-state index in [0.717, 1.165) is 11.3 Å². The van der Waals surface area contributed by atoms with Crippen LogP contribution in [0.25, 0.3) is 0 Å². The molecular formula is C11H11NO2S. The number of hydrogen-bond donors (Lipinski definition) is 1. The molecule has 0 aliphatic heterocycles. The zero-order chi connectivity index (χ0) is 11.3. The highest BCUT2D eigenvalue weighted by Gasteiger charge is 2.07. The largest absolute Gasteiger partial charge is 0.478 e. The normalized spacial score (nSPS) is 11.7. The zero-order valence-electron chi connectivity index (χ0n) is 8.30. The van der Waals surface area contributed by atoms with Gasteiger partial charge in [-0.2, -0.15) is 5.26 Å². The highest BCUT2D eigenvalue weighted by Crippen LogP contribution is 2.24. The Bertz CT molecular complexity index is 381.